The van der Waals surface area contributed by atoms with Crippen LogP contribution in [0.2, 0.25) is 0 Å². The number of hydrazine groups is 1. The smallest absolute Gasteiger partial charge is 0.269 e. The fourth-order valence-electron chi connectivity index (χ4n) is 2.58. The lowest BCUT2D eigenvalue weighted by Crippen LogP contribution is -2.42. The van der Waals surface area contributed by atoms with Gasteiger partial charge in [0.15, 0.2) is 0 Å². The van der Waals surface area contributed by atoms with E-state index >= 15 is 0 Å². The summed E-state index contributed by atoms with van der Waals surface area (Å²) in [4.78, 5) is 23.0. The highest BCUT2D eigenvalue weighted by Crippen LogP contribution is 2.40. The summed E-state index contributed by atoms with van der Waals surface area (Å²) in [5.74, 6) is -0.139. The zero-order valence-electron chi connectivity index (χ0n) is 13.6. The van der Waals surface area contributed by atoms with E-state index in [0.29, 0.717) is 5.56 Å². The van der Waals surface area contributed by atoms with Crippen LogP contribution in [-0.4, -0.2) is 16.8 Å². The van der Waals surface area contributed by atoms with Gasteiger partial charge in [-0.25, -0.2) is 0 Å². The predicted octanol–water partition coefficient (Wildman–Crippen LogP) is 2.67. The maximum Gasteiger partial charge on any atom is 0.269 e. The monoisotopic (exact) mass is 353 g/mol. The molecule has 0 spiro atoms. The Kier molecular flexibility index (Phi) is 5.09. The van der Waals surface area contributed by atoms with Gasteiger partial charge in [0.05, 0.1) is 6.42 Å². The molecule has 1 aliphatic rings. The molecule has 1 aliphatic carbocycles. The first-order valence-electron chi connectivity index (χ1n) is 8.11. The maximum atomic E-state index is 12.1. The number of hydrogen-bond donors (Lipinski definition) is 3. The molecule has 0 aliphatic heterocycles. The van der Waals surface area contributed by atoms with E-state index in [2.05, 4.69) is 35.1 Å². The van der Waals surface area contributed by atoms with Crippen molar-refractivity contribution in [3.63, 3.8) is 0 Å². The second-order valence-corrected chi connectivity index (χ2v) is 6.61. The molecule has 0 heterocycles. The lowest BCUT2D eigenvalue weighted by atomic mass is 10.0. The summed E-state index contributed by atoms with van der Waals surface area (Å²) in [6.07, 6.45) is 2.48. The van der Waals surface area contributed by atoms with E-state index in [-0.39, 0.29) is 17.3 Å². The van der Waals surface area contributed by atoms with E-state index < -0.39 is 5.91 Å². The third-order valence-electron chi connectivity index (χ3n) is 4.09. The average molecular weight is 353 g/mol. The van der Waals surface area contributed by atoms with Gasteiger partial charge in [0, 0.05) is 5.56 Å². The van der Waals surface area contributed by atoms with E-state index in [4.69, 9.17) is 18.0 Å². The van der Waals surface area contributed by atoms with E-state index in [1.54, 1.807) is 12.1 Å². The van der Waals surface area contributed by atoms with Gasteiger partial charge in [-0.1, -0.05) is 48.6 Å². The molecule has 0 aromatic heterocycles. The van der Waals surface area contributed by atoms with Crippen molar-refractivity contribution in [1.29, 1.82) is 0 Å². The average Bonchev–Trinajstić information content (AvgIpc) is 3.44. The van der Waals surface area contributed by atoms with Crippen LogP contribution >= 0.6 is 12.2 Å². The first-order chi connectivity index (χ1) is 12.0. The highest BCUT2D eigenvalue weighted by Gasteiger charge is 2.22. The Morgan fingerprint density at radius 2 is 1.52 bits per heavy atom. The Hall–Kier alpha value is -2.73. The van der Waals surface area contributed by atoms with E-state index in [9.17, 15) is 9.59 Å². The van der Waals surface area contributed by atoms with Crippen LogP contribution in [0.5, 0.6) is 0 Å². The van der Waals surface area contributed by atoms with Crippen molar-refractivity contribution in [1.82, 2.24) is 10.9 Å². The number of nitrogens with two attached hydrogens (primary N) is 1. The Bertz CT molecular complexity index is 796. The summed E-state index contributed by atoms with van der Waals surface area (Å²) in [6.45, 7) is 0. The topological polar surface area (TPSA) is 84.2 Å². The van der Waals surface area contributed by atoms with Gasteiger partial charge in [-0.2, -0.15) is 0 Å². The minimum absolute atomic E-state index is 0.106. The van der Waals surface area contributed by atoms with Gasteiger partial charge in [-0.15, -0.1) is 0 Å². The maximum absolute atomic E-state index is 12.1. The molecule has 5 nitrogen and oxygen atoms in total. The number of primary amides is 1. The van der Waals surface area contributed by atoms with Crippen LogP contribution < -0.4 is 16.6 Å². The van der Waals surface area contributed by atoms with E-state index in [0.717, 1.165) is 17.0 Å². The molecule has 128 valence electrons. The van der Waals surface area contributed by atoms with Crippen molar-refractivity contribution < 1.29 is 9.59 Å². The van der Waals surface area contributed by atoms with Crippen LogP contribution in [0.15, 0.2) is 48.5 Å². The fourth-order valence-corrected chi connectivity index (χ4v) is 2.77. The van der Waals surface area contributed by atoms with Crippen molar-refractivity contribution in [3.8, 4) is 11.1 Å². The zero-order valence-corrected chi connectivity index (χ0v) is 14.4. The number of hydrogen-bond acceptors (Lipinski definition) is 3. The van der Waals surface area contributed by atoms with Gasteiger partial charge in [0.1, 0.15) is 4.99 Å². The normalized spacial score (nSPS) is 13.1. The van der Waals surface area contributed by atoms with Crippen LogP contribution in [0, 0.1) is 0 Å². The molecule has 25 heavy (non-hydrogen) atoms. The lowest BCUT2D eigenvalue weighted by molar-refractivity contribution is -0.116. The van der Waals surface area contributed by atoms with Crippen LogP contribution in [0.25, 0.3) is 11.1 Å². The summed E-state index contributed by atoms with van der Waals surface area (Å²) in [6, 6.07) is 15.9. The predicted molar refractivity (Wildman–Crippen MR) is 101 cm³/mol. The van der Waals surface area contributed by atoms with Gasteiger partial charge in [0.2, 0.25) is 5.91 Å². The van der Waals surface area contributed by atoms with E-state index in [1.165, 1.54) is 18.4 Å². The minimum atomic E-state index is -0.552. The molecule has 0 radical (unpaired) electrons. The van der Waals surface area contributed by atoms with Crippen LogP contribution in [0.4, 0.5) is 0 Å². The molecule has 0 bridgehead atoms. The summed E-state index contributed by atoms with van der Waals surface area (Å²) < 4.78 is 0. The Morgan fingerprint density at radius 3 is 2.04 bits per heavy atom. The summed E-state index contributed by atoms with van der Waals surface area (Å²) in [7, 11) is 0. The summed E-state index contributed by atoms with van der Waals surface area (Å²) in [5, 5.41) is 0. The van der Waals surface area contributed by atoms with Crippen LogP contribution in [0.1, 0.15) is 41.1 Å². The highest BCUT2D eigenvalue weighted by molar-refractivity contribution is 7.80. The molecular weight excluding hydrogens is 334 g/mol. The van der Waals surface area contributed by atoms with Gasteiger partial charge in [0.25, 0.3) is 5.91 Å². The number of carbonyl (C=O) groups is 2. The minimum Gasteiger partial charge on any atom is -0.369 e. The molecule has 2 aromatic carbocycles. The molecule has 4 N–H and O–H groups in total. The zero-order chi connectivity index (χ0) is 17.8. The first kappa shape index (κ1) is 17.1. The first-order valence-corrected chi connectivity index (χ1v) is 8.51. The summed E-state index contributed by atoms with van der Waals surface area (Å²) in [5.41, 5.74) is 14.1. The Morgan fingerprint density at radius 1 is 0.960 bits per heavy atom. The van der Waals surface area contributed by atoms with Crippen molar-refractivity contribution in [2.75, 3.05) is 0 Å². The van der Waals surface area contributed by atoms with Crippen molar-refractivity contribution in [3.05, 3.63) is 59.7 Å². The second-order valence-electron chi connectivity index (χ2n) is 6.12. The molecule has 6 heteroatoms. The highest BCUT2D eigenvalue weighted by atomic mass is 32.1. The third kappa shape index (κ3) is 4.64. The molecule has 3 rings (SSSR count). The van der Waals surface area contributed by atoms with Crippen LogP contribution in [0.3, 0.4) is 0 Å². The summed E-state index contributed by atoms with van der Waals surface area (Å²) >= 11 is 4.89. The third-order valence-corrected chi connectivity index (χ3v) is 4.34. The number of carbonyl (C=O) groups excluding carboxylic acids is 2. The number of thiocarbonyl (C=S) groups is 1. The van der Waals surface area contributed by atoms with Gasteiger partial charge < -0.3 is 5.73 Å². The Balaban J connectivity index is 1.60. The van der Waals surface area contributed by atoms with Crippen LogP contribution in [-0.2, 0) is 4.79 Å². The van der Waals surface area contributed by atoms with Crippen molar-refractivity contribution in [2.24, 2.45) is 5.73 Å². The lowest BCUT2D eigenvalue weighted by Gasteiger charge is -2.09. The fraction of sp³-hybridized carbons (Fsp3) is 0.211. The largest absolute Gasteiger partial charge is 0.369 e. The van der Waals surface area contributed by atoms with Crippen molar-refractivity contribution in [2.45, 2.75) is 25.2 Å². The molecule has 0 atom stereocenters. The number of amides is 2. The quantitative estimate of drug-likeness (QED) is 0.570. The molecule has 0 unspecified atom stereocenters. The molecular formula is C19H19N3O2S. The number of rotatable bonds is 5. The molecule has 2 amide bonds. The number of benzene rings is 2. The standard InChI is InChI=1S/C19H19N3O2S/c20-17(23)11-18(25)21-22-19(24)16-9-7-15(8-10-16)14-5-3-13(4-6-14)12-1-2-12/h3-10,12H,1-2,11H2,(H2,20,23)(H,21,25)(H,22,24). The molecule has 2 aromatic rings. The van der Waals surface area contributed by atoms with Gasteiger partial charge in [-0.05, 0) is 47.6 Å². The number of nitrogens with one attached hydrogen (secondary N) is 2. The van der Waals surface area contributed by atoms with Gasteiger partial charge in [-0.3, -0.25) is 20.4 Å². The van der Waals surface area contributed by atoms with E-state index in [1.807, 2.05) is 12.1 Å². The molecule has 1 saturated carbocycles. The molecule has 0 saturated heterocycles. The SMILES string of the molecule is NC(=O)CC(=S)NNC(=O)c1ccc(-c2ccc(C3CC3)cc2)cc1. The van der Waals surface area contributed by atoms with Crippen molar-refractivity contribution >= 4 is 29.0 Å². The molecule has 1 fully saturated rings. The van der Waals surface area contributed by atoms with Gasteiger partial charge >= 0.3 is 0 Å². The second kappa shape index (κ2) is 7.44. The Labute approximate surface area is 151 Å².